The van der Waals surface area contributed by atoms with Gasteiger partial charge in [0.25, 0.3) is 0 Å². The number of aryl methyl sites for hydroxylation is 2. The SMILES string of the molecule is COc1cccc2c1C1=C(C(c3cc(C)cc(C)c3)C2)C2C(C)=CC(C)(C)NC2C=C1. The molecule has 0 fully saturated rings. The Labute approximate surface area is 186 Å². The fourth-order valence-corrected chi connectivity index (χ4v) is 6.25. The molecule has 31 heavy (non-hydrogen) atoms. The predicted molar refractivity (Wildman–Crippen MR) is 130 cm³/mol. The first kappa shape index (κ1) is 20.3. The molecule has 2 nitrogen and oxygen atoms in total. The summed E-state index contributed by atoms with van der Waals surface area (Å²) in [4.78, 5) is 0. The second-order valence-corrected chi connectivity index (χ2v) is 10.2. The van der Waals surface area contributed by atoms with Crippen LogP contribution < -0.4 is 10.1 Å². The summed E-state index contributed by atoms with van der Waals surface area (Å²) >= 11 is 0. The van der Waals surface area contributed by atoms with Crippen LogP contribution in [0, 0.1) is 19.8 Å². The van der Waals surface area contributed by atoms with Crippen molar-refractivity contribution >= 4 is 5.57 Å². The van der Waals surface area contributed by atoms with Crippen LogP contribution in [0.5, 0.6) is 5.75 Å². The topological polar surface area (TPSA) is 21.3 Å². The summed E-state index contributed by atoms with van der Waals surface area (Å²) in [5.41, 5.74) is 11.2. The van der Waals surface area contributed by atoms with E-state index in [4.69, 9.17) is 4.74 Å². The Morgan fingerprint density at radius 2 is 1.77 bits per heavy atom. The number of allylic oxidation sites excluding steroid dienone is 2. The molecular formula is C29H33NO. The molecule has 2 aromatic carbocycles. The van der Waals surface area contributed by atoms with Crippen molar-refractivity contribution in [3.05, 3.63) is 93.6 Å². The summed E-state index contributed by atoms with van der Waals surface area (Å²) in [6, 6.07) is 13.9. The summed E-state index contributed by atoms with van der Waals surface area (Å²) < 4.78 is 5.84. The third-order valence-electron chi connectivity index (χ3n) is 7.14. The third-order valence-corrected chi connectivity index (χ3v) is 7.14. The van der Waals surface area contributed by atoms with Gasteiger partial charge < -0.3 is 10.1 Å². The Morgan fingerprint density at radius 3 is 2.48 bits per heavy atom. The maximum atomic E-state index is 5.84. The van der Waals surface area contributed by atoms with Gasteiger partial charge in [-0.2, -0.15) is 0 Å². The van der Waals surface area contributed by atoms with Crippen molar-refractivity contribution in [2.45, 2.75) is 58.5 Å². The van der Waals surface area contributed by atoms with E-state index in [0.29, 0.717) is 17.9 Å². The number of benzene rings is 2. The molecule has 5 rings (SSSR count). The fraction of sp³-hybridized carbons (Fsp3) is 0.379. The van der Waals surface area contributed by atoms with Gasteiger partial charge in [0, 0.05) is 29.0 Å². The molecule has 0 radical (unpaired) electrons. The summed E-state index contributed by atoms with van der Waals surface area (Å²) in [7, 11) is 1.79. The lowest BCUT2D eigenvalue weighted by Gasteiger charge is -2.46. The Bertz CT molecular complexity index is 1130. The Balaban J connectivity index is 1.77. The number of hydrogen-bond acceptors (Lipinski definition) is 2. The highest BCUT2D eigenvalue weighted by Gasteiger charge is 2.42. The van der Waals surface area contributed by atoms with Gasteiger partial charge in [-0.25, -0.2) is 0 Å². The monoisotopic (exact) mass is 411 g/mol. The van der Waals surface area contributed by atoms with E-state index >= 15 is 0 Å². The van der Waals surface area contributed by atoms with Crippen molar-refractivity contribution < 1.29 is 4.74 Å². The first-order chi connectivity index (χ1) is 14.8. The van der Waals surface area contributed by atoms with Crippen LogP contribution in [0.15, 0.2) is 65.8 Å². The zero-order chi connectivity index (χ0) is 21.9. The normalized spacial score (nSPS) is 26.0. The maximum absolute atomic E-state index is 5.84. The number of nitrogens with one attached hydrogen (secondary N) is 1. The molecule has 0 bridgehead atoms. The van der Waals surface area contributed by atoms with Crippen molar-refractivity contribution in [3.8, 4) is 5.75 Å². The summed E-state index contributed by atoms with van der Waals surface area (Å²) in [6.07, 6.45) is 8.17. The molecular weight excluding hydrogens is 378 g/mol. The average molecular weight is 412 g/mol. The second kappa shape index (κ2) is 7.24. The minimum absolute atomic E-state index is 0.00728. The lowest BCUT2D eigenvalue weighted by Crippen LogP contribution is -2.53. The van der Waals surface area contributed by atoms with Gasteiger partial charge in [-0.1, -0.05) is 65.3 Å². The molecule has 2 aromatic rings. The van der Waals surface area contributed by atoms with E-state index in [-0.39, 0.29) is 5.54 Å². The number of fused-ring (bicyclic) bond motifs is 4. The predicted octanol–water partition coefficient (Wildman–Crippen LogP) is 6.29. The molecule has 3 unspecified atom stereocenters. The van der Waals surface area contributed by atoms with Gasteiger partial charge in [-0.15, -0.1) is 0 Å². The Hall–Kier alpha value is -2.58. The fourth-order valence-electron chi connectivity index (χ4n) is 6.25. The van der Waals surface area contributed by atoms with Crippen LogP contribution in [0.25, 0.3) is 5.57 Å². The smallest absolute Gasteiger partial charge is 0.126 e. The van der Waals surface area contributed by atoms with E-state index < -0.39 is 0 Å². The highest BCUT2D eigenvalue weighted by Crippen LogP contribution is 2.52. The maximum Gasteiger partial charge on any atom is 0.126 e. The first-order valence-electron chi connectivity index (χ1n) is 11.4. The number of methoxy groups -OCH3 is 1. The van der Waals surface area contributed by atoms with Crippen LogP contribution >= 0.6 is 0 Å². The Morgan fingerprint density at radius 1 is 1.03 bits per heavy atom. The lowest BCUT2D eigenvalue weighted by atomic mass is 9.64. The molecule has 0 amide bonds. The second-order valence-electron chi connectivity index (χ2n) is 10.2. The highest BCUT2D eigenvalue weighted by molar-refractivity contribution is 5.87. The quantitative estimate of drug-likeness (QED) is 0.587. The van der Waals surface area contributed by atoms with Crippen molar-refractivity contribution in [2.24, 2.45) is 5.92 Å². The van der Waals surface area contributed by atoms with Crippen molar-refractivity contribution in [1.29, 1.82) is 0 Å². The van der Waals surface area contributed by atoms with Crippen molar-refractivity contribution in [2.75, 3.05) is 7.11 Å². The average Bonchev–Trinajstić information content (AvgIpc) is 2.70. The van der Waals surface area contributed by atoms with Crippen LogP contribution in [0.1, 0.15) is 54.5 Å². The van der Waals surface area contributed by atoms with Crippen LogP contribution in [0.2, 0.25) is 0 Å². The van der Waals surface area contributed by atoms with Crippen LogP contribution in [-0.4, -0.2) is 18.7 Å². The van der Waals surface area contributed by atoms with Gasteiger partial charge in [-0.3, -0.25) is 0 Å². The minimum atomic E-state index is 0.00728. The van der Waals surface area contributed by atoms with E-state index in [2.05, 4.69) is 94.6 Å². The molecule has 0 saturated carbocycles. The number of rotatable bonds is 2. The Kier molecular flexibility index (Phi) is 4.75. The molecule has 0 saturated heterocycles. The zero-order valence-electron chi connectivity index (χ0n) is 19.5. The standard InChI is InChI=1S/C29H33NO/c1-17-12-18(2)14-21(13-17)23-15-20-8-7-9-25(31-6)27(20)22-10-11-24-26(28(22)23)19(3)16-29(4,5)30-24/h7-14,16,23-24,26,30H,15H2,1-6H3. The molecule has 1 heterocycles. The summed E-state index contributed by atoms with van der Waals surface area (Å²) in [5, 5.41) is 3.88. The minimum Gasteiger partial charge on any atom is -0.496 e. The number of ether oxygens (including phenoxy) is 1. The van der Waals surface area contributed by atoms with Crippen LogP contribution in [0.4, 0.5) is 0 Å². The van der Waals surface area contributed by atoms with Gasteiger partial charge in [0.05, 0.1) is 7.11 Å². The van der Waals surface area contributed by atoms with E-state index in [1.807, 2.05) is 0 Å². The third kappa shape index (κ3) is 3.38. The lowest BCUT2D eigenvalue weighted by molar-refractivity contribution is 0.350. The van der Waals surface area contributed by atoms with Crippen molar-refractivity contribution in [3.63, 3.8) is 0 Å². The van der Waals surface area contributed by atoms with E-state index in [1.54, 1.807) is 12.7 Å². The summed E-state index contributed by atoms with van der Waals surface area (Å²) in [6.45, 7) is 11.3. The number of hydrogen-bond donors (Lipinski definition) is 1. The van der Waals surface area contributed by atoms with Gasteiger partial charge in [0.1, 0.15) is 5.75 Å². The van der Waals surface area contributed by atoms with E-state index in [0.717, 1.165) is 12.2 Å². The summed E-state index contributed by atoms with van der Waals surface area (Å²) in [5.74, 6) is 1.73. The molecule has 1 N–H and O–H groups in total. The molecule has 160 valence electrons. The van der Waals surface area contributed by atoms with Gasteiger partial charge in [0.15, 0.2) is 0 Å². The zero-order valence-corrected chi connectivity index (χ0v) is 19.5. The molecule has 3 aliphatic rings. The van der Waals surface area contributed by atoms with E-state index in [9.17, 15) is 0 Å². The highest BCUT2D eigenvalue weighted by atomic mass is 16.5. The first-order valence-corrected chi connectivity index (χ1v) is 11.4. The van der Waals surface area contributed by atoms with Gasteiger partial charge >= 0.3 is 0 Å². The van der Waals surface area contributed by atoms with Gasteiger partial charge in [-0.05, 0) is 69.4 Å². The van der Waals surface area contributed by atoms with Crippen LogP contribution in [0.3, 0.4) is 0 Å². The largest absolute Gasteiger partial charge is 0.496 e. The van der Waals surface area contributed by atoms with Crippen molar-refractivity contribution in [1.82, 2.24) is 5.32 Å². The molecule has 2 heteroatoms. The van der Waals surface area contributed by atoms with Gasteiger partial charge in [0.2, 0.25) is 0 Å². The molecule has 2 aliphatic carbocycles. The molecule has 3 atom stereocenters. The molecule has 0 aromatic heterocycles. The molecule has 0 spiro atoms. The molecule has 1 aliphatic heterocycles. The van der Waals surface area contributed by atoms with E-state index in [1.165, 1.54) is 39.0 Å². The van der Waals surface area contributed by atoms with Crippen LogP contribution in [-0.2, 0) is 6.42 Å².